The van der Waals surface area contributed by atoms with Crippen LogP contribution >= 0.6 is 11.8 Å². The van der Waals surface area contributed by atoms with E-state index in [1.165, 1.54) is 23.9 Å². The first-order chi connectivity index (χ1) is 10.2. The van der Waals surface area contributed by atoms with Gasteiger partial charge in [-0.1, -0.05) is 29.1 Å². The van der Waals surface area contributed by atoms with E-state index in [-0.39, 0.29) is 5.69 Å². The summed E-state index contributed by atoms with van der Waals surface area (Å²) in [5.74, 6) is 1.31. The van der Waals surface area contributed by atoms with Gasteiger partial charge in [0.05, 0.1) is 17.2 Å². The Bertz CT molecular complexity index is 700. The molecule has 0 unspecified atom stereocenters. The number of amidine groups is 1. The molecule has 0 fully saturated rings. The van der Waals surface area contributed by atoms with Gasteiger partial charge in [0.1, 0.15) is 0 Å². The zero-order valence-corrected chi connectivity index (χ0v) is 11.7. The van der Waals surface area contributed by atoms with Crippen LogP contribution in [0.5, 0.6) is 0 Å². The van der Waals surface area contributed by atoms with Gasteiger partial charge in [-0.05, 0) is 0 Å². The first-order valence-corrected chi connectivity index (χ1v) is 7.19. The summed E-state index contributed by atoms with van der Waals surface area (Å²) in [7, 11) is 0. The summed E-state index contributed by atoms with van der Waals surface area (Å²) < 4.78 is 5.14. The molecule has 1 aliphatic rings. The zero-order chi connectivity index (χ0) is 14.7. The van der Waals surface area contributed by atoms with Gasteiger partial charge in [0, 0.05) is 24.2 Å². The molecular weight excluding hydrogens is 294 g/mol. The van der Waals surface area contributed by atoms with Gasteiger partial charge in [-0.25, -0.2) is 0 Å². The fourth-order valence-electron chi connectivity index (χ4n) is 1.79. The van der Waals surface area contributed by atoms with Gasteiger partial charge in [-0.15, -0.1) is 0 Å². The lowest BCUT2D eigenvalue weighted by Crippen LogP contribution is -2.15. The van der Waals surface area contributed by atoms with Crippen LogP contribution in [0.1, 0.15) is 5.89 Å². The first kappa shape index (κ1) is 13.6. The van der Waals surface area contributed by atoms with Crippen LogP contribution < -0.4 is 5.32 Å². The molecule has 0 spiro atoms. The molecule has 21 heavy (non-hydrogen) atoms. The Balaban J connectivity index is 1.72. The lowest BCUT2D eigenvalue weighted by molar-refractivity contribution is -0.384. The van der Waals surface area contributed by atoms with E-state index in [0.717, 1.165) is 18.3 Å². The molecule has 2 heterocycles. The minimum Gasteiger partial charge on any atom is -0.363 e. The molecule has 0 saturated heterocycles. The van der Waals surface area contributed by atoms with E-state index in [2.05, 4.69) is 20.4 Å². The van der Waals surface area contributed by atoms with Crippen molar-refractivity contribution in [2.24, 2.45) is 4.99 Å². The van der Waals surface area contributed by atoms with Crippen molar-refractivity contribution in [1.82, 2.24) is 15.5 Å². The van der Waals surface area contributed by atoms with E-state index >= 15 is 0 Å². The standard InChI is InChI=1S/C12H11N5O3S/c18-17(19)9-3-1-2-8(6-9)11-15-10(20-16-11)7-21-12-13-4-5-14-12/h1-3,6H,4-5,7H2,(H,13,14). The SMILES string of the molecule is O=[N+]([O-])c1cccc(-c2noc(CSC3=NCCN3)n2)c1. The average molecular weight is 305 g/mol. The van der Waals surface area contributed by atoms with Crippen LogP contribution in [-0.4, -0.2) is 33.3 Å². The fourth-order valence-corrected chi connectivity index (χ4v) is 2.56. The predicted octanol–water partition coefficient (Wildman–Crippen LogP) is 1.84. The van der Waals surface area contributed by atoms with E-state index < -0.39 is 4.92 Å². The lowest BCUT2D eigenvalue weighted by atomic mass is 10.2. The van der Waals surface area contributed by atoms with E-state index in [1.807, 2.05) is 0 Å². The van der Waals surface area contributed by atoms with Crippen LogP contribution in [0, 0.1) is 10.1 Å². The number of rotatable bonds is 4. The molecule has 0 aliphatic carbocycles. The number of aromatic nitrogens is 2. The number of non-ortho nitro benzene ring substituents is 1. The molecule has 8 nitrogen and oxygen atoms in total. The van der Waals surface area contributed by atoms with Crippen LogP contribution in [0.3, 0.4) is 0 Å². The third-order valence-electron chi connectivity index (χ3n) is 2.76. The zero-order valence-electron chi connectivity index (χ0n) is 10.9. The quantitative estimate of drug-likeness (QED) is 0.678. The molecule has 0 bridgehead atoms. The largest absolute Gasteiger partial charge is 0.363 e. The molecule has 1 N–H and O–H groups in total. The summed E-state index contributed by atoms with van der Waals surface area (Å²) in [5, 5.41) is 18.6. The van der Waals surface area contributed by atoms with Crippen LogP contribution in [0.25, 0.3) is 11.4 Å². The molecule has 3 rings (SSSR count). The topological polar surface area (TPSA) is 106 Å². The highest BCUT2D eigenvalue weighted by Gasteiger charge is 2.14. The Morgan fingerprint density at radius 1 is 1.48 bits per heavy atom. The van der Waals surface area contributed by atoms with Gasteiger partial charge in [-0.3, -0.25) is 15.1 Å². The summed E-state index contributed by atoms with van der Waals surface area (Å²) >= 11 is 1.49. The van der Waals surface area contributed by atoms with Crippen molar-refractivity contribution in [3.05, 3.63) is 40.3 Å². The number of aliphatic imine (C=N–C) groups is 1. The highest BCUT2D eigenvalue weighted by Crippen LogP contribution is 2.22. The molecule has 9 heteroatoms. The number of nitrogens with one attached hydrogen (secondary N) is 1. The maximum Gasteiger partial charge on any atom is 0.270 e. The molecule has 1 aromatic heterocycles. The van der Waals surface area contributed by atoms with Gasteiger partial charge >= 0.3 is 0 Å². The summed E-state index contributed by atoms with van der Waals surface area (Å²) in [6.45, 7) is 1.64. The Kier molecular flexibility index (Phi) is 3.82. The molecule has 0 saturated carbocycles. The van der Waals surface area contributed by atoms with Crippen molar-refractivity contribution in [2.75, 3.05) is 13.1 Å². The predicted molar refractivity (Wildman–Crippen MR) is 78.0 cm³/mol. The minimum absolute atomic E-state index is 0.00210. The van der Waals surface area contributed by atoms with E-state index in [1.54, 1.807) is 12.1 Å². The Labute approximate surface area is 123 Å². The number of nitro groups is 1. The molecule has 0 amide bonds. The van der Waals surface area contributed by atoms with Gasteiger partial charge in [0.25, 0.3) is 5.69 Å². The number of thioether (sulfide) groups is 1. The van der Waals surface area contributed by atoms with Crippen molar-refractivity contribution < 1.29 is 9.45 Å². The van der Waals surface area contributed by atoms with Gasteiger partial charge in [-0.2, -0.15) is 4.98 Å². The van der Waals surface area contributed by atoms with E-state index in [9.17, 15) is 10.1 Å². The first-order valence-electron chi connectivity index (χ1n) is 6.21. The van der Waals surface area contributed by atoms with Crippen molar-refractivity contribution in [1.29, 1.82) is 0 Å². The van der Waals surface area contributed by atoms with Crippen molar-refractivity contribution in [3.8, 4) is 11.4 Å². The second-order valence-corrected chi connectivity index (χ2v) is 5.19. The van der Waals surface area contributed by atoms with Crippen molar-refractivity contribution >= 4 is 22.6 Å². The second-order valence-electron chi connectivity index (χ2n) is 4.22. The van der Waals surface area contributed by atoms with E-state index in [4.69, 9.17) is 4.52 Å². The molecular formula is C12H11N5O3S. The Morgan fingerprint density at radius 2 is 2.38 bits per heavy atom. The highest BCUT2D eigenvalue weighted by atomic mass is 32.2. The van der Waals surface area contributed by atoms with Crippen LogP contribution in [0.4, 0.5) is 5.69 Å². The molecule has 0 atom stereocenters. The maximum absolute atomic E-state index is 10.8. The summed E-state index contributed by atoms with van der Waals surface area (Å²) in [5.41, 5.74) is 0.554. The van der Waals surface area contributed by atoms with Crippen molar-refractivity contribution in [2.45, 2.75) is 5.75 Å². The smallest absolute Gasteiger partial charge is 0.270 e. The van der Waals surface area contributed by atoms with Gasteiger partial charge in [0.15, 0.2) is 5.17 Å². The van der Waals surface area contributed by atoms with Crippen molar-refractivity contribution in [3.63, 3.8) is 0 Å². The average Bonchev–Trinajstić information content (AvgIpc) is 3.17. The number of hydrogen-bond acceptors (Lipinski definition) is 8. The summed E-state index contributed by atoms with van der Waals surface area (Å²) in [6, 6.07) is 6.14. The van der Waals surface area contributed by atoms with Crippen LogP contribution in [0.15, 0.2) is 33.8 Å². The van der Waals surface area contributed by atoms with Crippen LogP contribution in [0.2, 0.25) is 0 Å². The number of nitrogens with zero attached hydrogens (tertiary/aromatic N) is 4. The molecule has 1 aliphatic heterocycles. The number of benzene rings is 1. The normalized spacial score (nSPS) is 13.8. The molecule has 0 radical (unpaired) electrons. The third kappa shape index (κ3) is 3.19. The van der Waals surface area contributed by atoms with E-state index in [0.29, 0.717) is 23.0 Å². The minimum atomic E-state index is -0.454. The molecule has 108 valence electrons. The molecule has 2 aromatic rings. The third-order valence-corrected chi connectivity index (χ3v) is 3.70. The maximum atomic E-state index is 10.8. The van der Waals surface area contributed by atoms with Crippen LogP contribution in [-0.2, 0) is 5.75 Å². The van der Waals surface area contributed by atoms with Gasteiger partial charge < -0.3 is 9.84 Å². The fraction of sp³-hybridized carbons (Fsp3) is 0.250. The highest BCUT2D eigenvalue weighted by molar-refractivity contribution is 8.13. The second kappa shape index (κ2) is 5.92. The Hall–Kier alpha value is -2.42. The summed E-state index contributed by atoms with van der Waals surface area (Å²) in [6.07, 6.45) is 0. The lowest BCUT2D eigenvalue weighted by Gasteiger charge is -1.97. The monoisotopic (exact) mass is 305 g/mol. The molecule has 1 aromatic carbocycles. The summed E-state index contributed by atoms with van der Waals surface area (Å²) in [4.78, 5) is 18.8. The number of hydrogen-bond donors (Lipinski definition) is 1. The van der Waals surface area contributed by atoms with Gasteiger partial charge in [0.2, 0.25) is 11.7 Å². The Morgan fingerprint density at radius 3 is 3.14 bits per heavy atom. The number of nitro benzene ring substituents is 1.